The molecule has 0 saturated heterocycles. The van der Waals surface area contributed by atoms with Gasteiger partial charge in [-0.2, -0.15) is 0 Å². The molecule has 6 heteroatoms. The molecule has 2 aromatic carbocycles. The molecule has 3 nitrogen and oxygen atoms in total. The van der Waals surface area contributed by atoms with Gasteiger partial charge in [-0.1, -0.05) is 11.8 Å². The number of halogens is 2. The summed E-state index contributed by atoms with van der Waals surface area (Å²) in [6, 6.07) is 10.3. The zero-order valence-electron chi connectivity index (χ0n) is 10.6. The Balaban J connectivity index is 2.18. The molecule has 0 spiro atoms. The third-order valence-corrected chi connectivity index (χ3v) is 4.36. The molecule has 0 aliphatic heterocycles. The first kappa shape index (κ1) is 15.1. The van der Waals surface area contributed by atoms with E-state index in [0.717, 1.165) is 10.6 Å². The average molecular weight is 402 g/mol. The van der Waals surface area contributed by atoms with Crippen LogP contribution in [0.1, 0.15) is 6.92 Å². The van der Waals surface area contributed by atoms with E-state index in [9.17, 15) is 9.18 Å². The summed E-state index contributed by atoms with van der Waals surface area (Å²) in [5.41, 5.74) is 7.16. The molecular weight excluding hydrogens is 390 g/mol. The van der Waals surface area contributed by atoms with Crippen molar-refractivity contribution in [1.82, 2.24) is 0 Å². The number of rotatable bonds is 3. The van der Waals surface area contributed by atoms with Crippen LogP contribution >= 0.6 is 34.4 Å². The van der Waals surface area contributed by atoms with E-state index in [4.69, 9.17) is 5.73 Å². The summed E-state index contributed by atoms with van der Waals surface area (Å²) < 4.78 is 14.1. The third-order valence-electron chi connectivity index (χ3n) is 2.46. The van der Waals surface area contributed by atoms with Crippen LogP contribution in [-0.4, -0.2) is 5.91 Å². The molecular formula is C14H12FIN2OS. The molecule has 0 aromatic heterocycles. The van der Waals surface area contributed by atoms with Gasteiger partial charge in [0.2, 0.25) is 5.91 Å². The van der Waals surface area contributed by atoms with Crippen LogP contribution in [0.3, 0.4) is 0 Å². The van der Waals surface area contributed by atoms with Crippen LogP contribution in [0.4, 0.5) is 15.8 Å². The topological polar surface area (TPSA) is 55.1 Å². The highest BCUT2D eigenvalue weighted by molar-refractivity contribution is 14.1. The Morgan fingerprint density at radius 3 is 2.55 bits per heavy atom. The number of anilines is 2. The fourth-order valence-electron chi connectivity index (χ4n) is 1.57. The summed E-state index contributed by atoms with van der Waals surface area (Å²) >= 11 is 3.29. The summed E-state index contributed by atoms with van der Waals surface area (Å²) in [5.74, 6) is -0.397. The largest absolute Gasteiger partial charge is 0.398 e. The van der Waals surface area contributed by atoms with Gasteiger partial charge in [-0.25, -0.2) is 4.39 Å². The van der Waals surface area contributed by atoms with E-state index in [2.05, 4.69) is 5.32 Å². The molecule has 0 saturated carbocycles. The zero-order valence-corrected chi connectivity index (χ0v) is 13.6. The minimum absolute atomic E-state index is 0.116. The summed E-state index contributed by atoms with van der Waals surface area (Å²) in [5, 5.41) is 2.69. The van der Waals surface area contributed by atoms with Gasteiger partial charge >= 0.3 is 0 Å². The van der Waals surface area contributed by atoms with Crippen LogP contribution in [0.5, 0.6) is 0 Å². The molecule has 0 aliphatic rings. The smallest absolute Gasteiger partial charge is 0.221 e. The zero-order chi connectivity index (χ0) is 14.7. The first-order valence-corrected chi connectivity index (χ1v) is 7.65. The van der Waals surface area contributed by atoms with E-state index in [1.807, 2.05) is 34.7 Å². The van der Waals surface area contributed by atoms with E-state index in [1.54, 1.807) is 18.2 Å². The molecule has 0 aliphatic carbocycles. The molecule has 1 amide bonds. The highest BCUT2D eigenvalue weighted by atomic mass is 127. The molecule has 0 atom stereocenters. The lowest BCUT2D eigenvalue weighted by atomic mass is 10.3. The maximum absolute atomic E-state index is 13.5. The van der Waals surface area contributed by atoms with Gasteiger partial charge in [0, 0.05) is 28.1 Å². The van der Waals surface area contributed by atoms with Crippen LogP contribution in [0, 0.1) is 9.39 Å². The monoisotopic (exact) mass is 402 g/mol. The number of nitrogens with two attached hydrogens (primary N) is 1. The van der Waals surface area contributed by atoms with Gasteiger partial charge in [-0.15, -0.1) is 0 Å². The van der Waals surface area contributed by atoms with E-state index in [1.165, 1.54) is 24.8 Å². The third kappa shape index (κ3) is 3.86. The second kappa shape index (κ2) is 6.45. The molecule has 0 bridgehead atoms. The van der Waals surface area contributed by atoms with Crippen LogP contribution in [0.2, 0.25) is 0 Å². The Labute approximate surface area is 134 Å². The fourth-order valence-corrected chi connectivity index (χ4v) is 2.93. The maximum atomic E-state index is 13.5. The van der Waals surface area contributed by atoms with Crippen molar-refractivity contribution < 1.29 is 9.18 Å². The first-order chi connectivity index (χ1) is 9.45. The van der Waals surface area contributed by atoms with Gasteiger partial charge < -0.3 is 11.1 Å². The normalized spacial score (nSPS) is 10.3. The van der Waals surface area contributed by atoms with Crippen molar-refractivity contribution in [3.05, 3.63) is 45.8 Å². The highest BCUT2D eigenvalue weighted by Crippen LogP contribution is 2.34. The number of benzene rings is 2. The van der Waals surface area contributed by atoms with Crippen molar-refractivity contribution in [1.29, 1.82) is 0 Å². The quantitative estimate of drug-likeness (QED) is 0.600. The molecule has 2 rings (SSSR count). The van der Waals surface area contributed by atoms with Crippen molar-refractivity contribution in [2.24, 2.45) is 0 Å². The Morgan fingerprint density at radius 2 is 1.95 bits per heavy atom. The number of carbonyl (C=O) groups is 1. The minimum Gasteiger partial charge on any atom is -0.398 e. The van der Waals surface area contributed by atoms with Crippen LogP contribution in [0.25, 0.3) is 0 Å². The van der Waals surface area contributed by atoms with E-state index < -0.39 is 0 Å². The maximum Gasteiger partial charge on any atom is 0.221 e. The van der Waals surface area contributed by atoms with Gasteiger partial charge in [-0.05, 0) is 59.0 Å². The molecule has 0 heterocycles. The predicted molar refractivity (Wildman–Crippen MR) is 88.4 cm³/mol. The number of hydrogen-bond acceptors (Lipinski definition) is 3. The number of hydrogen-bond donors (Lipinski definition) is 2. The van der Waals surface area contributed by atoms with Gasteiger partial charge in [0.05, 0.1) is 3.57 Å². The molecule has 20 heavy (non-hydrogen) atoms. The summed E-state index contributed by atoms with van der Waals surface area (Å²) in [6.07, 6.45) is 0. The van der Waals surface area contributed by atoms with Crippen LogP contribution < -0.4 is 11.1 Å². The molecule has 104 valence electrons. The summed E-state index contributed by atoms with van der Waals surface area (Å²) in [4.78, 5) is 12.5. The molecule has 0 radical (unpaired) electrons. The minimum atomic E-state index is -0.280. The summed E-state index contributed by atoms with van der Waals surface area (Å²) in [7, 11) is 0. The lowest BCUT2D eigenvalue weighted by molar-refractivity contribution is -0.114. The highest BCUT2D eigenvalue weighted by Gasteiger charge is 2.07. The number of amides is 1. The van der Waals surface area contributed by atoms with Crippen molar-refractivity contribution in [3.8, 4) is 0 Å². The lowest BCUT2D eigenvalue weighted by Gasteiger charge is -2.08. The molecule has 0 unspecified atom stereocenters. The number of carbonyl (C=O) groups excluding carboxylic acids is 1. The average Bonchev–Trinajstić information content (AvgIpc) is 2.37. The van der Waals surface area contributed by atoms with Gasteiger partial charge in [0.1, 0.15) is 5.82 Å². The second-order valence-corrected chi connectivity index (χ2v) is 6.39. The lowest BCUT2D eigenvalue weighted by Crippen LogP contribution is -2.05. The standard InChI is InChI=1S/C14H12FIN2OS/c1-8(19)18-9-2-4-10(5-3-9)20-14-6-11(15)12(16)7-13(14)17/h2-7H,17H2,1H3,(H,18,19). The van der Waals surface area contributed by atoms with Crippen molar-refractivity contribution in [2.45, 2.75) is 16.7 Å². The van der Waals surface area contributed by atoms with Crippen LogP contribution in [-0.2, 0) is 4.79 Å². The molecule has 3 N–H and O–H groups in total. The van der Waals surface area contributed by atoms with Crippen molar-refractivity contribution in [3.63, 3.8) is 0 Å². The first-order valence-electron chi connectivity index (χ1n) is 5.76. The fraction of sp³-hybridized carbons (Fsp3) is 0.0714. The van der Waals surface area contributed by atoms with Gasteiger partial charge in [0.25, 0.3) is 0 Å². The Hall–Kier alpha value is -1.28. The number of nitrogens with one attached hydrogen (secondary N) is 1. The second-order valence-electron chi connectivity index (χ2n) is 4.11. The molecule has 0 fully saturated rings. The number of nitrogen functional groups attached to an aromatic ring is 1. The van der Waals surface area contributed by atoms with Gasteiger partial charge in [0.15, 0.2) is 0 Å². The summed E-state index contributed by atoms with van der Waals surface area (Å²) in [6.45, 7) is 1.46. The van der Waals surface area contributed by atoms with Crippen LogP contribution in [0.15, 0.2) is 46.2 Å². The SMILES string of the molecule is CC(=O)Nc1ccc(Sc2cc(F)c(I)cc2N)cc1. The van der Waals surface area contributed by atoms with Gasteiger partial charge in [-0.3, -0.25) is 4.79 Å². The van der Waals surface area contributed by atoms with E-state index in [0.29, 0.717) is 14.2 Å². The van der Waals surface area contributed by atoms with E-state index in [-0.39, 0.29) is 11.7 Å². The predicted octanol–water partition coefficient (Wildman–Crippen LogP) is 4.12. The Bertz CT molecular complexity index is 646. The Kier molecular flexibility index (Phi) is 4.87. The van der Waals surface area contributed by atoms with E-state index >= 15 is 0 Å². The van der Waals surface area contributed by atoms with Crippen molar-refractivity contribution >= 4 is 51.6 Å². The molecule has 2 aromatic rings. The Morgan fingerprint density at radius 1 is 1.30 bits per heavy atom. The van der Waals surface area contributed by atoms with Crippen molar-refractivity contribution in [2.75, 3.05) is 11.1 Å².